The zero-order chi connectivity index (χ0) is 21.5. The number of hydrogen-bond donors (Lipinski definition) is 1. The van der Waals surface area contributed by atoms with Crippen LogP contribution in [-0.2, 0) is 11.2 Å². The summed E-state index contributed by atoms with van der Waals surface area (Å²) >= 11 is 0. The van der Waals surface area contributed by atoms with E-state index in [1.54, 1.807) is 0 Å². The van der Waals surface area contributed by atoms with Gasteiger partial charge in [0.15, 0.2) is 0 Å². The molecule has 0 aliphatic carbocycles. The lowest BCUT2D eigenvalue weighted by molar-refractivity contribution is -0.139. The molecule has 0 bridgehead atoms. The summed E-state index contributed by atoms with van der Waals surface area (Å²) in [5, 5.41) is 9.45. The number of rotatable bonds is 7. The number of piperidine rings is 3. The van der Waals surface area contributed by atoms with Crippen LogP contribution in [0, 0.1) is 11.8 Å². The summed E-state index contributed by atoms with van der Waals surface area (Å²) in [5.74, 6) is 0.841. The highest BCUT2D eigenvalue weighted by molar-refractivity contribution is 5.79. The fourth-order valence-electron chi connectivity index (χ4n) is 5.84. The fraction of sp³-hybridized carbons (Fsp3) is 0.731. The Bertz CT molecular complexity index is 666. The molecule has 3 heterocycles. The molecule has 31 heavy (non-hydrogen) atoms. The van der Waals surface area contributed by atoms with Crippen molar-refractivity contribution in [1.82, 2.24) is 14.7 Å². The van der Waals surface area contributed by atoms with E-state index in [1.807, 2.05) is 4.90 Å². The van der Waals surface area contributed by atoms with Crippen molar-refractivity contribution in [2.24, 2.45) is 11.8 Å². The number of amides is 1. The third-order valence-corrected chi connectivity index (χ3v) is 7.82. The molecule has 0 spiro atoms. The van der Waals surface area contributed by atoms with E-state index < -0.39 is 0 Å². The van der Waals surface area contributed by atoms with Crippen molar-refractivity contribution in [2.75, 3.05) is 52.4 Å². The molecule has 4 rings (SSSR count). The van der Waals surface area contributed by atoms with Gasteiger partial charge in [-0.3, -0.25) is 4.79 Å². The van der Waals surface area contributed by atoms with E-state index in [4.69, 9.17) is 0 Å². The van der Waals surface area contributed by atoms with Gasteiger partial charge in [0.1, 0.15) is 0 Å². The van der Waals surface area contributed by atoms with Crippen molar-refractivity contribution < 1.29 is 9.90 Å². The van der Waals surface area contributed by atoms with Crippen LogP contribution >= 0.6 is 0 Å². The van der Waals surface area contributed by atoms with Crippen LogP contribution in [-0.4, -0.2) is 84.2 Å². The van der Waals surface area contributed by atoms with Crippen molar-refractivity contribution in [3.05, 3.63) is 35.9 Å². The van der Waals surface area contributed by atoms with Gasteiger partial charge in [-0.05, 0) is 95.6 Å². The largest absolute Gasteiger partial charge is 0.396 e. The quantitative estimate of drug-likeness (QED) is 0.727. The number of aliphatic hydroxyl groups is 1. The van der Waals surface area contributed by atoms with Gasteiger partial charge in [-0.15, -0.1) is 0 Å². The number of nitrogens with zero attached hydrogens (tertiary/aromatic N) is 3. The van der Waals surface area contributed by atoms with Crippen molar-refractivity contribution in [3.63, 3.8) is 0 Å². The molecule has 5 nitrogen and oxygen atoms in total. The van der Waals surface area contributed by atoms with Crippen LogP contribution in [0.4, 0.5) is 0 Å². The molecule has 3 saturated heterocycles. The normalized spacial score (nSPS) is 25.1. The average Bonchev–Trinajstić information content (AvgIpc) is 2.85. The van der Waals surface area contributed by atoms with Crippen LogP contribution < -0.4 is 0 Å². The van der Waals surface area contributed by atoms with Gasteiger partial charge in [0, 0.05) is 31.7 Å². The molecule has 5 heteroatoms. The zero-order valence-corrected chi connectivity index (χ0v) is 19.1. The predicted octanol–water partition coefficient (Wildman–Crippen LogP) is 3.03. The second-order valence-electron chi connectivity index (χ2n) is 9.95. The lowest BCUT2D eigenvalue weighted by Crippen LogP contribution is -2.50. The van der Waals surface area contributed by atoms with Gasteiger partial charge < -0.3 is 19.8 Å². The minimum atomic E-state index is 0.201. The number of benzene rings is 1. The van der Waals surface area contributed by atoms with E-state index in [2.05, 4.69) is 40.1 Å². The highest BCUT2D eigenvalue weighted by Crippen LogP contribution is 2.27. The molecule has 1 unspecified atom stereocenters. The Morgan fingerprint density at radius 2 is 1.68 bits per heavy atom. The van der Waals surface area contributed by atoms with E-state index in [1.165, 1.54) is 50.9 Å². The summed E-state index contributed by atoms with van der Waals surface area (Å²) < 4.78 is 0. The number of carbonyl (C=O) groups excluding carboxylic acids is 1. The molecule has 0 saturated carbocycles. The highest BCUT2D eigenvalue weighted by Gasteiger charge is 2.33. The molecule has 1 aromatic carbocycles. The molecular weight excluding hydrogens is 386 g/mol. The van der Waals surface area contributed by atoms with E-state index in [9.17, 15) is 9.90 Å². The van der Waals surface area contributed by atoms with Gasteiger partial charge in [0.25, 0.3) is 0 Å². The number of aryl methyl sites for hydroxylation is 1. The van der Waals surface area contributed by atoms with Gasteiger partial charge in [-0.2, -0.15) is 0 Å². The first-order valence-corrected chi connectivity index (χ1v) is 12.6. The number of likely N-dealkylation sites (tertiary alicyclic amines) is 3. The first kappa shape index (κ1) is 22.8. The maximum atomic E-state index is 13.0. The molecule has 1 aromatic rings. The third-order valence-electron chi connectivity index (χ3n) is 7.82. The first-order chi connectivity index (χ1) is 15.2. The minimum Gasteiger partial charge on any atom is -0.396 e. The SMILES string of the molecule is O=C(C1CCN(C2CCN(CCCc3ccccc3)CC2)CC1)N1CCCC(CO)C1. The van der Waals surface area contributed by atoms with Crippen molar-refractivity contribution in [3.8, 4) is 0 Å². The molecule has 3 aliphatic heterocycles. The smallest absolute Gasteiger partial charge is 0.225 e. The summed E-state index contributed by atoms with van der Waals surface area (Å²) in [4.78, 5) is 20.3. The Hall–Kier alpha value is -1.43. The van der Waals surface area contributed by atoms with Crippen LogP contribution in [0.25, 0.3) is 0 Å². The Morgan fingerprint density at radius 1 is 0.935 bits per heavy atom. The molecule has 3 fully saturated rings. The molecule has 1 atom stereocenters. The van der Waals surface area contributed by atoms with E-state index in [0.29, 0.717) is 11.9 Å². The van der Waals surface area contributed by atoms with Gasteiger partial charge in [-0.1, -0.05) is 30.3 Å². The molecule has 1 amide bonds. The van der Waals surface area contributed by atoms with Crippen LogP contribution in [0.3, 0.4) is 0 Å². The number of hydrogen-bond acceptors (Lipinski definition) is 4. The molecular formula is C26H41N3O2. The predicted molar refractivity (Wildman–Crippen MR) is 125 cm³/mol. The Morgan fingerprint density at radius 3 is 2.39 bits per heavy atom. The Kier molecular flexibility index (Phi) is 8.40. The second-order valence-corrected chi connectivity index (χ2v) is 9.95. The summed E-state index contributed by atoms with van der Waals surface area (Å²) in [6, 6.07) is 11.5. The number of aliphatic hydroxyl groups excluding tert-OH is 1. The van der Waals surface area contributed by atoms with Crippen molar-refractivity contribution >= 4 is 5.91 Å². The number of carbonyl (C=O) groups is 1. The maximum Gasteiger partial charge on any atom is 0.225 e. The van der Waals surface area contributed by atoms with Gasteiger partial charge in [0.2, 0.25) is 5.91 Å². The monoisotopic (exact) mass is 427 g/mol. The van der Waals surface area contributed by atoms with Gasteiger partial charge >= 0.3 is 0 Å². The maximum absolute atomic E-state index is 13.0. The summed E-state index contributed by atoms with van der Waals surface area (Å²) in [5.41, 5.74) is 1.45. The van der Waals surface area contributed by atoms with Crippen LogP contribution in [0.5, 0.6) is 0 Å². The van der Waals surface area contributed by atoms with Crippen molar-refractivity contribution in [2.45, 2.75) is 57.4 Å². The average molecular weight is 428 g/mol. The van der Waals surface area contributed by atoms with Crippen molar-refractivity contribution in [1.29, 1.82) is 0 Å². The second kappa shape index (κ2) is 11.4. The first-order valence-electron chi connectivity index (χ1n) is 12.6. The van der Waals surface area contributed by atoms with Gasteiger partial charge in [-0.25, -0.2) is 0 Å². The lowest BCUT2D eigenvalue weighted by Gasteiger charge is -2.42. The fourth-order valence-corrected chi connectivity index (χ4v) is 5.84. The molecule has 3 aliphatic rings. The molecule has 0 radical (unpaired) electrons. The Labute approximate surface area is 188 Å². The summed E-state index contributed by atoms with van der Waals surface area (Å²) in [6.45, 7) is 7.66. The summed E-state index contributed by atoms with van der Waals surface area (Å²) in [6.07, 6.45) is 9.09. The van der Waals surface area contributed by atoms with Crippen LogP contribution in [0.15, 0.2) is 30.3 Å². The molecule has 172 valence electrons. The lowest BCUT2D eigenvalue weighted by atomic mass is 9.90. The van der Waals surface area contributed by atoms with E-state index >= 15 is 0 Å². The van der Waals surface area contributed by atoms with Gasteiger partial charge in [0.05, 0.1) is 0 Å². The standard InChI is InChI=1S/C26H41N3O2/c30-21-23-9-5-15-29(20-23)26(31)24-10-18-28(19-11-24)25-12-16-27(17-13-25)14-4-8-22-6-2-1-3-7-22/h1-3,6-7,23-25,30H,4-5,8-21H2. The Balaban J connectivity index is 1.14. The molecule has 1 N–H and O–H groups in total. The van der Waals surface area contributed by atoms with Crippen LogP contribution in [0.2, 0.25) is 0 Å². The minimum absolute atomic E-state index is 0.201. The van der Waals surface area contributed by atoms with E-state index in [-0.39, 0.29) is 18.4 Å². The zero-order valence-electron chi connectivity index (χ0n) is 19.1. The van der Waals surface area contributed by atoms with Crippen LogP contribution in [0.1, 0.15) is 50.5 Å². The molecule has 0 aromatic heterocycles. The van der Waals surface area contributed by atoms with E-state index in [0.717, 1.165) is 51.9 Å². The third kappa shape index (κ3) is 6.30. The topological polar surface area (TPSA) is 47.0 Å². The summed E-state index contributed by atoms with van der Waals surface area (Å²) in [7, 11) is 0. The highest BCUT2D eigenvalue weighted by atomic mass is 16.3.